The summed E-state index contributed by atoms with van der Waals surface area (Å²) in [5.41, 5.74) is 2.16. The zero-order valence-electron chi connectivity index (χ0n) is 25.0. The SMILES string of the molecule is CCCCN(C(=O)C(CC(C)C)NC(=O)OC(C)(C)C)C(C(=O)NC1CCCCC1)c1cc(C)ccc1C. The molecule has 1 aliphatic rings. The maximum absolute atomic E-state index is 14.3. The highest BCUT2D eigenvalue weighted by molar-refractivity contribution is 5.92. The number of hydrogen-bond donors (Lipinski definition) is 2. The number of nitrogens with one attached hydrogen (secondary N) is 2. The third-order valence-electron chi connectivity index (χ3n) is 6.97. The second kappa shape index (κ2) is 14.5. The smallest absolute Gasteiger partial charge is 0.408 e. The van der Waals surface area contributed by atoms with E-state index in [1.54, 1.807) is 25.7 Å². The summed E-state index contributed by atoms with van der Waals surface area (Å²) in [5.74, 6) is -0.236. The molecule has 0 radical (unpaired) electrons. The summed E-state index contributed by atoms with van der Waals surface area (Å²) in [6.45, 7) is 15.9. The normalized spacial score (nSPS) is 16.0. The monoisotopic (exact) mass is 529 g/mol. The molecule has 1 saturated carbocycles. The zero-order chi connectivity index (χ0) is 28.5. The minimum Gasteiger partial charge on any atom is -0.444 e. The van der Waals surface area contributed by atoms with E-state index in [-0.39, 0.29) is 23.8 Å². The molecule has 38 heavy (non-hydrogen) atoms. The van der Waals surface area contributed by atoms with Gasteiger partial charge < -0.3 is 20.3 Å². The first kappa shape index (κ1) is 31.6. The van der Waals surface area contributed by atoms with Gasteiger partial charge in [-0.05, 0) is 77.3 Å². The highest BCUT2D eigenvalue weighted by Gasteiger charge is 2.37. The summed E-state index contributed by atoms with van der Waals surface area (Å²) in [6.07, 6.45) is 6.79. The van der Waals surface area contributed by atoms with Gasteiger partial charge in [0.1, 0.15) is 17.7 Å². The number of ether oxygens (including phenoxy) is 1. The van der Waals surface area contributed by atoms with Gasteiger partial charge >= 0.3 is 6.09 Å². The van der Waals surface area contributed by atoms with Crippen molar-refractivity contribution in [2.24, 2.45) is 5.92 Å². The molecule has 2 unspecified atom stereocenters. The van der Waals surface area contributed by atoms with Gasteiger partial charge in [-0.25, -0.2) is 4.79 Å². The maximum atomic E-state index is 14.3. The van der Waals surface area contributed by atoms with Crippen LogP contribution in [0, 0.1) is 19.8 Å². The van der Waals surface area contributed by atoms with Crippen molar-refractivity contribution in [2.75, 3.05) is 6.54 Å². The topological polar surface area (TPSA) is 87.7 Å². The number of carbonyl (C=O) groups is 3. The molecule has 0 bridgehead atoms. The number of aryl methyl sites for hydroxylation is 2. The molecule has 7 heteroatoms. The standard InChI is InChI=1S/C31H51N3O4/c1-9-10-18-34(29(36)26(19-21(2)3)33-30(37)38-31(6,7)8)27(25-20-22(4)16-17-23(25)5)28(35)32-24-14-12-11-13-15-24/h16-17,20-21,24,26-27H,9-15,18-19H2,1-8H3,(H,32,35)(H,33,37). The molecule has 2 N–H and O–H groups in total. The first-order valence-corrected chi connectivity index (χ1v) is 14.5. The van der Waals surface area contributed by atoms with E-state index in [4.69, 9.17) is 4.74 Å². The van der Waals surface area contributed by atoms with Crippen molar-refractivity contribution in [3.8, 4) is 0 Å². The maximum Gasteiger partial charge on any atom is 0.408 e. The molecule has 2 atom stereocenters. The van der Waals surface area contributed by atoms with Crippen LogP contribution in [0.4, 0.5) is 4.79 Å². The van der Waals surface area contributed by atoms with Crippen LogP contribution in [-0.4, -0.2) is 47.0 Å². The van der Waals surface area contributed by atoms with Gasteiger partial charge in [0.2, 0.25) is 11.8 Å². The first-order valence-electron chi connectivity index (χ1n) is 14.5. The molecule has 3 amide bonds. The van der Waals surface area contributed by atoms with Gasteiger partial charge in [0.25, 0.3) is 0 Å². The molecule has 7 nitrogen and oxygen atoms in total. The van der Waals surface area contributed by atoms with E-state index < -0.39 is 23.8 Å². The van der Waals surface area contributed by atoms with Crippen molar-refractivity contribution < 1.29 is 19.1 Å². The number of alkyl carbamates (subject to hydrolysis) is 1. The molecule has 0 spiro atoms. The molecule has 0 aliphatic heterocycles. The molecule has 0 saturated heterocycles. The Hall–Kier alpha value is -2.57. The Kier molecular flexibility index (Phi) is 12.1. The molecule has 1 aliphatic carbocycles. The molecule has 0 aromatic heterocycles. The molecule has 1 aromatic rings. The van der Waals surface area contributed by atoms with Crippen molar-refractivity contribution in [1.82, 2.24) is 15.5 Å². The summed E-state index contributed by atoms with van der Waals surface area (Å²) < 4.78 is 5.49. The number of amides is 3. The minimum absolute atomic E-state index is 0.123. The van der Waals surface area contributed by atoms with Crippen LogP contribution in [0.1, 0.15) is 116 Å². The molecule has 0 heterocycles. The Morgan fingerprint density at radius 3 is 2.32 bits per heavy atom. The van der Waals surface area contributed by atoms with E-state index in [9.17, 15) is 14.4 Å². The predicted octanol–water partition coefficient (Wildman–Crippen LogP) is 6.36. The van der Waals surface area contributed by atoms with Crippen LogP contribution in [0.25, 0.3) is 0 Å². The van der Waals surface area contributed by atoms with Gasteiger partial charge in [0, 0.05) is 12.6 Å². The van der Waals surface area contributed by atoms with Gasteiger partial charge in [-0.2, -0.15) is 0 Å². The van der Waals surface area contributed by atoms with E-state index in [0.29, 0.717) is 13.0 Å². The lowest BCUT2D eigenvalue weighted by Gasteiger charge is -2.36. The lowest BCUT2D eigenvalue weighted by atomic mass is 9.92. The number of benzene rings is 1. The Bertz CT molecular complexity index is 932. The second-order valence-corrected chi connectivity index (χ2v) is 12.3. The summed E-state index contributed by atoms with van der Waals surface area (Å²) in [7, 11) is 0. The van der Waals surface area contributed by atoms with Crippen LogP contribution in [-0.2, 0) is 14.3 Å². The number of unbranched alkanes of at least 4 members (excludes halogenated alkanes) is 1. The number of hydrogen-bond acceptors (Lipinski definition) is 4. The number of rotatable bonds is 11. The van der Waals surface area contributed by atoms with Gasteiger partial charge in [-0.1, -0.05) is 70.2 Å². The minimum atomic E-state index is -0.795. The van der Waals surface area contributed by atoms with Crippen LogP contribution >= 0.6 is 0 Å². The van der Waals surface area contributed by atoms with Crippen LogP contribution in [0.15, 0.2) is 18.2 Å². The largest absolute Gasteiger partial charge is 0.444 e. The predicted molar refractivity (Wildman–Crippen MR) is 153 cm³/mol. The third kappa shape index (κ3) is 9.95. The fourth-order valence-electron chi connectivity index (χ4n) is 5.07. The van der Waals surface area contributed by atoms with Gasteiger partial charge in [0.05, 0.1) is 0 Å². The van der Waals surface area contributed by atoms with E-state index in [2.05, 4.69) is 17.6 Å². The lowest BCUT2D eigenvalue weighted by Crippen LogP contribution is -2.54. The van der Waals surface area contributed by atoms with Crippen molar-refractivity contribution in [1.29, 1.82) is 0 Å². The molecule has 1 aromatic carbocycles. The molecular formula is C31H51N3O4. The second-order valence-electron chi connectivity index (χ2n) is 12.3. The molecule has 214 valence electrons. The van der Waals surface area contributed by atoms with Crippen molar-refractivity contribution in [3.63, 3.8) is 0 Å². The fourth-order valence-corrected chi connectivity index (χ4v) is 5.07. The summed E-state index contributed by atoms with van der Waals surface area (Å²) in [4.78, 5) is 42.7. The van der Waals surface area contributed by atoms with Crippen molar-refractivity contribution in [2.45, 2.75) is 130 Å². The van der Waals surface area contributed by atoms with E-state index in [1.165, 1.54) is 6.42 Å². The quantitative estimate of drug-likeness (QED) is 0.349. The molecule has 2 rings (SSSR count). The molecule has 1 fully saturated rings. The lowest BCUT2D eigenvalue weighted by molar-refractivity contribution is -0.143. The van der Waals surface area contributed by atoms with Crippen LogP contribution < -0.4 is 10.6 Å². The van der Waals surface area contributed by atoms with E-state index in [0.717, 1.165) is 55.2 Å². The van der Waals surface area contributed by atoms with Crippen LogP contribution in [0.5, 0.6) is 0 Å². The Labute approximate surface area is 230 Å². The molecular weight excluding hydrogens is 478 g/mol. The Morgan fingerprint density at radius 1 is 1.08 bits per heavy atom. The van der Waals surface area contributed by atoms with E-state index in [1.807, 2.05) is 45.9 Å². The average Bonchev–Trinajstić information content (AvgIpc) is 2.81. The van der Waals surface area contributed by atoms with Gasteiger partial charge in [0.15, 0.2) is 0 Å². The average molecular weight is 530 g/mol. The Morgan fingerprint density at radius 2 is 1.74 bits per heavy atom. The van der Waals surface area contributed by atoms with E-state index >= 15 is 0 Å². The van der Waals surface area contributed by atoms with Crippen molar-refractivity contribution in [3.05, 3.63) is 34.9 Å². The highest BCUT2D eigenvalue weighted by atomic mass is 16.6. The van der Waals surface area contributed by atoms with Gasteiger partial charge in [-0.3, -0.25) is 9.59 Å². The number of nitrogens with zero attached hydrogens (tertiary/aromatic N) is 1. The summed E-state index contributed by atoms with van der Waals surface area (Å²) in [6, 6.07) is 4.61. The summed E-state index contributed by atoms with van der Waals surface area (Å²) >= 11 is 0. The Balaban J connectivity index is 2.50. The highest BCUT2D eigenvalue weighted by Crippen LogP contribution is 2.29. The van der Waals surface area contributed by atoms with Crippen LogP contribution in [0.2, 0.25) is 0 Å². The fraction of sp³-hybridized carbons (Fsp3) is 0.710. The van der Waals surface area contributed by atoms with Crippen molar-refractivity contribution >= 4 is 17.9 Å². The van der Waals surface area contributed by atoms with Gasteiger partial charge in [-0.15, -0.1) is 0 Å². The van der Waals surface area contributed by atoms with Crippen LogP contribution in [0.3, 0.4) is 0 Å². The first-order chi connectivity index (χ1) is 17.8. The summed E-state index contributed by atoms with van der Waals surface area (Å²) in [5, 5.41) is 6.11. The third-order valence-corrected chi connectivity index (χ3v) is 6.97. The number of carbonyl (C=O) groups excluding carboxylic acids is 3. The zero-order valence-corrected chi connectivity index (χ0v) is 25.0.